The number of thioether (sulfide) groups is 1. The van der Waals surface area contributed by atoms with Gasteiger partial charge in [-0.05, 0) is 72.8 Å². The van der Waals surface area contributed by atoms with Crippen LogP contribution in [0.15, 0.2) is 86.9 Å². The fraction of sp³-hybridized carbons (Fsp3) is 0.185. The molecule has 0 atom stereocenters. The normalized spacial score (nSPS) is 13.4. The molecule has 0 unspecified atom stereocenters. The highest BCUT2D eigenvalue weighted by Gasteiger charge is 2.22. The molecule has 0 saturated carbocycles. The summed E-state index contributed by atoms with van der Waals surface area (Å²) in [5, 5.41) is 11.9. The summed E-state index contributed by atoms with van der Waals surface area (Å²) in [5.41, 5.74) is 3.20. The number of hydrogen-bond acceptors (Lipinski definition) is 7. The molecule has 4 aromatic rings. The van der Waals surface area contributed by atoms with Crippen LogP contribution in [0.4, 0.5) is 11.4 Å². The molecule has 1 saturated heterocycles. The number of hydrogen-bond donors (Lipinski definition) is 1. The van der Waals surface area contributed by atoms with Gasteiger partial charge in [-0.2, -0.15) is 0 Å². The molecule has 1 aliphatic rings. The Kier molecular flexibility index (Phi) is 8.31. The smallest absolute Gasteiger partial charge is 0.277 e. The maximum atomic E-state index is 12.7. The first kappa shape index (κ1) is 26.3. The van der Waals surface area contributed by atoms with Crippen molar-refractivity contribution in [1.82, 2.24) is 15.1 Å². The van der Waals surface area contributed by atoms with E-state index in [4.69, 9.17) is 16.0 Å². The number of carbonyl (C=O) groups excluding carboxylic acids is 2. The van der Waals surface area contributed by atoms with Crippen molar-refractivity contribution < 1.29 is 14.0 Å². The summed E-state index contributed by atoms with van der Waals surface area (Å²) >= 11 is 10.5. The van der Waals surface area contributed by atoms with Gasteiger partial charge in [0.25, 0.3) is 11.1 Å². The molecule has 2 heterocycles. The number of benzene rings is 3. The average Bonchev–Trinajstić information content (AvgIpc) is 3.42. The Morgan fingerprint density at radius 3 is 2.29 bits per heavy atom. The van der Waals surface area contributed by atoms with E-state index in [1.807, 2.05) is 53.4 Å². The summed E-state index contributed by atoms with van der Waals surface area (Å²) in [7, 11) is 0. The highest BCUT2D eigenvalue weighted by Crippen LogP contribution is 2.25. The van der Waals surface area contributed by atoms with Gasteiger partial charge in [-0.25, -0.2) is 0 Å². The van der Waals surface area contributed by atoms with Gasteiger partial charge < -0.3 is 19.5 Å². The highest BCUT2D eigenvalue weighted by atomic mass is 79.9. The molecular weight excluding hydrogens is 590 g/mol. The minimum absolute atomic E-state index is 0.0160. The van der Waals surface area contributed by atoms with Crippen LogP contribution in [0.1, 0.15) is 10.4 Å². The fourth-order valence-electron chi connectivity index (χ4n) is 4.00. The van der Waals surface area contributed by atoms with Crippen molar-refractivity contribution in [3.63, 3.8) is 0 Å². The van der Waals surface area contributed by atoms with Crippen molar-refractivity contribution >= 4 is 62.5 Å². The maximum absolute atomic E-state index is 12.7. The molecule has 38 heavy (non-hydrogen) atoms. The van der Waals surface area contributed by atoms with Crippen LogP contribution in [0.25, 0.3) is 11.5 Å². The quantitative estimate of drug-likeness (QED) is 0.262. The van der Waals surface area contributed by atoms with Crippen LogP contribution in [0.2, 0.25) is 5.02 Å². The molecule has 1 aromatic heterocycles. The van der Waals surface area contributed by atoms with E-state index in [2.05, 4.69) is 36.3 Å². The minimum Gasteiger partial charge on any atom is -0.411 e. The Morgan fingerprint density at radius 1 is 0.921 bits per heavy atom. The topological polar surface area (TPSA) is 91.6 Å². The zero-order chi connectivity index (χ0) is 26.5. The second-order valence-electron chi connectivity index (χ2n) is 8.55. The Bertz CT molecular complexity index is 1410. The lowest BCUT2D eigenvalue weighted by Gasteiger charge is -2.36. The van der Waals surface area contributed by atoms with Crippen LogP contribution in [-0.4, -0.2) is 58.8 Å². The maximum Gasteiger partial charge on any atom is 0.277 e. The molecule has 8 nitrogen and oxygen atoms in total. The second-order valence-corrected chi connectivity index (χ2v) is 10.8. The largest absolute Gasteiger partial charge is 0.411 e. The Labute approximate surface area is 237 Å². The van der Waals surface area contributed by atoms with Crippen LogP contribution < -0.4 is 10.2 Å². The van der Waals surface area contributed by atoms with Crippen molar-refractivity contribution in [3.05, 3.63) is 87.9 Å². The summed E-state index contributed by atoms with van der Waals surface area (Å²) in [6, 6.07) is 22.2. The van der Waals surface area contributed by atoms with Crippen molar-refractivity contribution in [2.24, 2.45) is 0 Å². The van der Waals surface area contributed by atoms with E-state index < -0.39 is 0 Å². The van der Waals surface area contributed by atoms with Gasteiger partial charge in [-0.1, -0.05) is 39.3 Å². The minimum atomic E-state index is -0.166. The van der Waals surface area contributed by atoms with Crippen molar-refractivity contribution in [3.8, 4) is 11.5 Å². The molecule has 0 aliphatic carbocycles. The van der Waals surface area contributed by atoms with Gasteiger partial charge in [0.2, 0.25) is 11.8 Å². The zero-order valence-electron chi connectivity index (χ0n) is 20.1. The van der Waals surface area contributed by atoms with Crippen LogP contribution in [0.3, 0.4) is 0 Å². The van der Waals surface area contributed by atoms with Gasteiger partial charge in [-0.15, -0.1) is 10.2 Å². The molecule has 1 aliphatic heterocycles. The third-order valence-corrected chi connectivity index (χ3v) is 7.60. The molecule has 1 fully saturated rings. The molecule has 3 aromatic carbocycles. The second kappa shape index (κ2) is 12.0. The van der Waals surface area contributed by atoms with Crippen molar-refractivity contribution in [2.45, 2.75) is 5.22 Å². The number of nitrogens with zero attached hydrogens (tertiary/aromatic N) is 4. The first-order chi connectivity index (χ1) is 18.4. The van der Waals surface area contributed by atoms with E-state index >= 15 is 0 Å². The highest BCUT2D eigenvalue weighted by molar-refractivity contribution is 9.10. The van der Waals surface area contributed by atoms with Gasteiger partial charge in [0.05, 0.1) is 5.75 Å². The third-order valence-electron chi connectivity index (χ3n) is 6.00. The number of carbonyl (C=O) groups is 2. The predicted octanol–water partition coefficient (Wildman–Crippen LogP) is 5.85. The lowest BCUT2D eigenvalue weighted by Crippen LogP contribution is -2.48. The third kappa shape index (κ3) is 6.56. The van der Waals surface area contributed by atoms with Crippen LogP contribution >= 0.6 is 39.3 Å². The number of anilines is 2. The molecule has 194 valence electrons. The molecule has 2 amide bonds. The molecule has 1 N–H and O–H groups in total. The Morgan fingerprint density at radius 2 is 1.61 bits per heavy atom. The molecule has 5 rings (SSSR count). The lowest BCUT2D eigenvalue weighted by atomic mass is 10.1. The predicted molar refractivity (Wildman–Crippen MR) is 153 cm³/mol. The van der Waals surface area contributed by atoms with E-state index in [-0.39, 0.29) is 17.6 Å². The van der Waals surface area contributed by atoms with E-state index in [0.717, 1.165) is 28.8 Å². The van der Waals surface area contributed by atoms with Crippen LogP contribution in [0.5, 0.6) is 0 Å². The summed E-state index contributed by atoms with van der Waals surface area (Å²) in [6.45, 7) is 2.73. The molecule has 0 bridgehead atoms. The number of halogens is 2. The van der Waals surface area contributed by atoms with Gasteiger partial charge in [0.15, 0.2) is 0 Å². The van der Waals surface area contributed by atoms with Crippen molar-refractivity contribution in [1.29, 1.82) is 0 Å². The zero-order valence-corrected chi connectivity index (χ0v) is 23.3. The SMILES string of the molecule is O=C(CSc1nnc(-c2ccc(Br)cc2)o1)Nc1ccc(N2CCN(C(=O)c3ccc(Cl)cc3)CC2)cc1. The molecule has 11 heteroatoms. The van der Waals surface area contributed by atoms with Gasteiger partial charge in [-0.3, -0.25) is 9.59 Å². The average molecular weight is 613 g/mol. The number of piperazine rings is 1. The van der Waals surface area contributed by atoms with Crippen molar-refractivity contribution in [2.75, 3.05) is 42.1 Å². The molecule has 0 spiro atoms. The number of nitrogens with one attached hydrogen (secondary N) is 1. The Balaban J connectivity index is 1.08. The van der Waals surface area contributed by atoms with E-state index in [0.29, 0.717) is 40.5 Å². The first-order valence-corrected chi connectivity index (χ1v) is 14.0. The fourth-order valence-corrected chi connectivity index (χ4v) is 4.95. The first-order valence-electron chi connectivity index (χ1n) is 11.9. The van der Waals surface area contributed by atoms with Gasteiger partial charge >= 0.3 is 0 Å². The summed E-state index contributed by atoms with van der Waals surface area (Å²) in [6.07, 6.45) is 0. The standard InChI is InChI=1S/C27H23BrClN5O3S/c28-20-5-1-18(2-6-20)25-31-32-27(37-25)38-17-24(35)30-22-9-11-23(12-10-22)33-13-15-34(16-14-33)26(36)19-3-7-21(29)8-4-19/h1-12H,13-17H2,(H,30,35). The molecule has 0 radical (unpaired) electrons. The van der Waals surface area contributed by atoms with Gasteiger partial charge in [0, 0.05) is 58.2 Å². The number of amides is 2. The number of aromatic nitrogens is 2. The van der Waals surface area contributed by atoms with Crippen LogP contribution in [0, 0.1) is 0 Å². The monoisotopic (exact) mass is 611 g/mol. The van der Waals surface area contributed by atoms with E-state index in [1.165, 1.54) is 11.8 Å². The molecular formula is C27H23BrClN5O3S. The lowest BCUT2D eigenvalue weighted by molar-refractivity contribution is -0.113. The number of rotatable bonds is 7. The van der Waals surface area contributed by atoms with Gasteiger partial charge in [0.1, 0.15) is 0 Å². The van der Waals surface area contributed by atoms with E-state index in [9.17, 15) is 9.59 Å². The summed E-state index contributed by atoms with van der Waals surface area (Å²) in [5.74, 6) is 0.404. The van der Waals surface area contributed by atoms with E-state index in [1.54, 1.807) is 24.3 Å². The van der Waals surface area contributed by atoms with Crippen LogP contribution in [-0.2, 0) is 4.79 Å². The Hall–Kier alpha value is -3.34. The summed E-state index contributed by atoms with van der Waals surface area (Å²) < 4.78 is 6.62. The summed E-state index contributed by atoms with van der Waals surface area (Å²) in [4.78, 5) is 29.3.